The third-order valence-electron chi connectivity index (χ3n) is 3.46. The van der Waals surface area contributed by atoms with Gasteiger partial charge in [0.15, 0.2) is 18.1 Å². The molecule has 0 unspecified atom stereocenters. The van der Waals surface area contributed by atoms with Gasteiger partial charge in [-0.1, -0.05) is 6.07 Å². The van der Waals surface area contributed by atoms with Gasteiger partial charge in [-0.3, -0.25) is 4.79 Å². The summed E-state index contributed by atoms with van der Waals surface area (Å²) in [4.78, 5) is 22.6. The van der Waals surface area contributed by atoms with E-state index >= 15 is 0 Å². The van der Waals surface area contributed by atoms with Crippen molar-refractivity contribution >= 4 is 34.0 Å². The van der Waals surface area contributed by atoms with Crippen LogP contribution < -0.4 is 14.9 Å². The van der Waals surface area contributed by atoms with Crippen LogP contribution in [0.5, 0.6) is 11.5 Å². The highest BCUT2D eigenvalue weighted by Gasteiger charge is 2.30. The van der Waals surface area contributed by atoms with Crippen LogP contribution in [-0.4, -0.2) is 36.9 Å². The van der Waals surface area contributed by atoms with Crippen molar-refractivity contribution < 1.29 is 37.3 Å². The number of hydrazone groups is 1. The molecule has 2 N–H and O–H groups in total. The molecule has 0 atom stereocenters. The monoisotopic (exact) mass is 474 g/mol. The fourth-order valence-electron chi connectivity index (χ4n) is 2.12. The van der Waals surface area contributed by atoms with Crippen LogP contribution in [0.2, 0.25) is 0 Å². The Hall–Kier alpha value is -3.08. The summed E-state index contributed by atoms with van der Waals surface area (Å²) >= 11 is 3.25. The van der Waals surface area contributed by atoms with E-state index in [1.807, 2.05) is 0 Å². The minimum Gasteiger partial charge on any atom is -0.493 e. The molecule has 0 aliphatic carbocycles. The summed E-state index contributed by atoms with van der Waals surface area (Å²) < 4.78 is 48.9. The molecule has 0 radical (unpaired) electrons. The quantitative estimate of drug-likeness (QED) is 0.470. The second-order valence-corrected chi connectivity index (χ2v) is 6.34. The van der Waals surface area contributed by atoms with Crippen molar-refractivity contribution in [2.24, 2.45) is 5.10 Å². The van der Waals surface area contributed by atoms with E-state index in [2.05, 4.69) is 26.5 Å². The predicted molar refractivity (Wildman–Crippen MR) is 100 cm³/mol. The number of carboxylic acids is 1. The Kier molecular flexibility index (Phi) is 7.21. The lowest BCUT2D eigenvalue weighted by Crippen LogP contribution is -2.18. The van der Waals surface area contributed by atoms with Crippen molar-refractivity contribution in [3.8, 4) is 11.5 Å². The van der Waals surface area contributed by atoms with Gasteiger partial charge in [0.1, 0.15) is 0 Å². The fraction of sp³-hybridized carbons (Fsp3) is 0.167. The number of alkyl halides is 3. The van der Waals surface area contributed by atoms with E-state index < -0.39 is 30.2 Å². The molecular formula is C18H14BrF3N2O5. The summed E-state index contributed by atoms with van der Waals surface area (Å²) in [6, 6.07) is 6.86. The molecule has 2 aromatic rings. The Morgan fingerprint density at radius 1 is 1.24 bits per heavy atom. The second kappa shape index (κ2) is 9.41. The van der Waals surface area contributed by atoms with Crippen molar-refractivity contribution in [2.75, 3.05) is 13.7 Å². The molecule has 2 aromatic carbocycles. The molecule has 7 nitrogen and oxygen atoms in total. The lowest BCUT2D eigenvalue weighted by molar-refractivity contribution is -0.139. The standard InChI is InChI=1S/C18H14BrF3N2O5/c1-28-14-6-11(13(19)7-15(14)29-9-16(25)26)8-23-24-17(27)10-3-2-4-12(5-10)18(20,21)22/h2-8H,9H2,1H3,(H,24,27)(H,25,26)/b23-8+. The maximum absolute atomic E-state index is 12.7. The highest BCUT2D eigenvalue weighted by atomic mass is 79.9. The predicted octanol–water partition coefficient (Wildman–Crippen LogP) is 3.70. The molecule has 0 saturated heterocycles. The summed E-state index contributed by atoms with van der Waals surface area (Å²) in [5.41, 5.74) is 1.43. The zero-order chi connectivity index (χ0) is 21.6. The van der Waals surface area contributed by atoms with Gasteiger partial charge < -0.3 is 14.6 Å². The van der Waals surface area contributed by atoms with Gasteiger partial charge in [-0.15, -0.1) is 0 Å². The largest absolute Gasteiger partial charge is 0.493 e. The Morgan fingerprint density at radius 3 is 2.59 bits per heavy atom. The molecule has 0 fully saturated rings. The summed E-state index contributed by atoms with van der Waals surface area (Å²) in [6.07, 6.45) is -3.33. The SMILES string of the molecule is COc1cc(/C=N/NC(=O)c2cccc(C(F)(F)F)c2)c(Br)cc1OCC(=O)O. The number of nitrogens with one attached hydrogen (secondary N) is 1. The van der Waals surface area contributed by atoms with E-state index in [1.54, 1.807) is 0 Å². The van der Waals surface area contributed by atoms with Gasteiger partial charge in [-0.05, 0) is 46.3 Å². The van der Waals surface area contributed by atoms with Crippen molar-refractivity contribution in [1.82, 2.24) is 5.43 Å². The molecule has 0 saturated carbocycles. The van der Waals surface area contributed by atoms with Crippen molar-refractivity contribution in [1.29, 1.82) is 0 Å². The fourth-order valence-corrected chi connectivity index (χ4v) is 2.55. The van der Waals surface area contributed by atoms with Crippen LogP contribution in [0.1, 0.15) is 21.5 Å². The van der Waals surface area contributed by atoms with Crippen molar-refractivity contribution in [3.05, 3.63) is 57.6 Å². The number of carbonyl (C=O) groups excluding carboxylic acids is 1. The molecule has 0 aliphatic rings. The van der Waals surface area contributed by atoms with E-state index in [0.717, 1.165) is 18.2 Å². The van der Waals surface area contributed by atoms with Crippen LogP contribution >= 0.6 is 15.9 Å². The topological polar surface area (TPSA) is 97.2 Å². The molecular weight excluding hydrogens is 461 g/mol. The van der Waals surface area contributed by atoms with Crippen LogP contribution in [-0.2, 0) is 11.0 Å². The highest BCUT2D eigenvalue weighted by molar-refractivity contribution is 9.10. The van der Waals surface area contributed by atoms with Gasteiger partial charge in [0.25, 0.3) is 5.91 Å². The Morgan fingerprint density at radius 2 is 1.97 bits per heavy atom. The lowest BCUT2D eigenvalue weighted by atomic mass is 10.1. The summed E-state index contributed by atoms with van der Waals surface area (Å²) in [6.45, 7) is -0.566. The van der Waals surface area contributed by atoms with Gasteiger partial charge in [0.05, 0.1) is 18.9 Å². The van der Waals surface area contributed by atoms with Crippen LogP contribution in [0, 0.1) is 0 Å². The van der Waals surface area contributed by atoms with Crippen LogP contribution in [0.4, 0.5) is 13.2 Å². The first kappa shape index (κ1) is 22.2. The molecule has 1 amide bonds. The Balaban J connectivity index is 2.13. The number of aliphatic carboxylic acids is 1. The van der Waals surface area contributed by atoms with Gasteiger partial charge >= 0.3 is 12.1 Å². The molecule has 0 spiro atoms. The van der Waals surface area contributed by atoms with Gasteiger partial charge in [-0.25, -0.2) is 10.2 Å². The number of hydrogen-bond acceptors (Lipinski definition) is 5. The number of benzene rings is 2. The number of amides is 1. The molecule has 0 aliphatic heterocycles. The normalized spacial score (nSPS) is 11.3. The van der Waals surface area contributed by atoms with E-state index in [1.165, 1.54) is 31.5 Å². The Bertz CT molecular complexity index is 948. The van der Waals surface area contributed by atoms with Crippen molar-refractivity contribution in [2.45, 2.75) is 6.18 Å². The number of nitrogens with zero attached hydrogens (tertiary/aromatic N) is 1. The lowest BCUT2D eigenvalue weighted by Gasteiger charge is -2.11. The van der Waals surface area contributed by atoms with Crippen LogP contribution in [0.15, 0.2) is 46.0 Å². The molecule has 2 rings (SSSR count). The molecule has 0 heterocycles. The number of hydrogen-bond donors (Lipinski definition) is 2. The number of carboxylic acid groups (broad SMARTS) is 1. The van der Waals surface area contributed by atoms with Gasteiger partial charge in [0.2, 0.25) is 0 Å². The minimum absolute atomic E-state index is 0.173. The third kappa shape index (κ3) is 6.21. The van der Waals surface area contributed by atoms with E-state index in [-0.39, 0.29) is 17.1 Å². The first-order valence-corrected chi connectivity index (χ1v) is 8.64. The van der Waals surface area contributed by atoms with Gasteiger partial charge in [0, 0.05) is 15.6 Å². The zero-order valence-electron chi connectivity index (χ0n) is 14.8. The number of rotatable bonds is 7. The molecule has 29 heavy (non-hydrogen) atoms. The maximum atomic E-state index is 12.7. The summed E-state index contributed by atoms with van der Waals surface area (Å²) in [5.74, 6) is -1.59. The smallest absolute Gasteiger partial charge is 0.416 e. The van der Waals surface area contributed by atoms with Crippen molar-refractivity contribution in [3.63, 3.8) is 0 Å². The number of halogens is 4. The second-order valence-electron chi connectivity index (χ2n) is 5.48. The first-order chi connectivity index (χ1) is 13.6. The zero-order valence-corrected chi connectivity index (χ0v) is 16.4. The average Bonchev–Trinajstić information content (AvgIpc) is 2.66. The molecule has 154 valence electrons. The number of ether oxygens (including phenoxy) is 2. The number of carbonyl (C=O) groups is 2. The minimum atomic E-state index is -4.56. The summed E-state index contributed by atoms with van der Waals surface area (Å²) in [5, 5.41) is 12.4. The first-order valence-electron chi connectivity index (χ1n) is 7.84. The average molecular weight is 475 g/mol. The van der Waals surface area contributed by atoms with Gasteiger partial charge in [-0.2, -0.15) is 18.3 Å². The maximum Gasteiger partial charge on any atom is 0.416 e. The summed E-state index contributed by atoms with van der Waals surface area (Å²) in [7, 11) is 1.35. The number of methoxy groups -OCH3 is 1. The van der Waals surface area contributed by atoms with E-state index in [0.29, 0.717) is 10.0 Å². The Labute approximate surface area is 171 Å². The third-order valence-corrected chi connectivity index (χ3v) is 4.14. The molecule has 11 heteroatoms. The highest BCUT2D eigenvalue weighted by Crippen LogP contribution is 2.33. The van der Waals surface area contributed by atoms with Crippen LogP contribution in [0.3, 0.4) is 0 Å². The van der Waals surface area contributed by atoms with E-state index in [4.69, 9.17) is 14.6 Å². The molecule has 0 aromatic heterocycles. The van der Waals surface area contributed by atoms with E-state index in [9.17, 15) is 22.8 Å². The van der Waals surface area contributed by atoms with Crippen LogP contribution in [0.25, 0.3) is 0 Å². The molecule has 0 bridgehead atoms.